The van der Waals surface area contributed by atoms with Gasteiger partial charge in [-0.1, -0.05) is 19.9 Å². The molecule has 2 rings (SSSR count). The quantitative estimate of drug-likeness (QED) is 0.903. The maximum atomic E-state index is 5.82. The molecular formula is C13H17N3S. The van der Waals surface area contributed by atoms with E-state index in [1.165, 1.54) is 4.88 Å². The Morgan fingerprint density at radius 3 is 2.82 bits per heavy atom. The molecule has 0 aromatic carbocycles. The van der Waals surface area contributed by atoms with Crippen LogP contribution in [0.4, 0.5) is 5.82 Å². The second-order valence-corrected chi connectivity index (χ2v) is 5.59. The van der Waals surface area contributed by atoms with Crippen molar-refractivity contribution in [3.05, 3.63) is 40.0 Å². The lowest BCUT2D eigenvalue weighted by atomic mass is 10.1. The highest BCUT2D eigenvalue weighted by Gasteiger charge is 2.06. The molecule has 0 aliphatic rings. The Hall–Kier alpha value is -1.42. The zero-order valence-electron chi connectivity index (χ0n) is 10.2. The van der Waals surface area contributed by atoms with E-state index in [1.54, 1.807) is 11.3 Å². The van der Waals surface area contributed by atoms with Crippen LogP contribution in [0.1, 0.15) is 30.2 Å². The van der Waals surface area contributed by atoms with Crippen molar-refractivity contribution in [3.63, 3.8) is 0 Å². The maximum absolute atomic E-state index is 5.82. The van der Waals surface area contributed by atoms with Crippen molar-refractivity contribution in [1.29, 1.82) is 0 Å². The molecular weight excluding hydrogens is 230 g/mol. The minimum Gasteiger partial charge on any atom is -0.384 e. The molecule has 17 heavy (non-hydrogen) atoms. The van der Waals surface area contributed by atoms with Gasteiger partial charge in [0.2, 0.25) is 0 Å². The first-order chi connectivity index (χ1) is 8.13. The fourth-order valence-corrected chi connectivity index (χ4v) is 2.45. The molecule has 0 saturated heterocycles. The van der Waals surface area contributed by atoms with Crippen LogP contribution in [0, 0.1) is 5.92 Å². The average Bonchev–Trinajstić information content (AvgIpc) is 2.67. The fraction of sp³-hybridized carbons (Fsp3) is 0.385. The lowest BCUT2D eigenvalue weighted by Gasteiger charge is -2.07. The summed E-state index contributed by atoms with van der Waals surface area (Å²) in [5, 5.41) is 2.07. The summed E-state index contributed by atoms with van der Waals surface area (Å²) in [6.45, 7) is 4.36. The number of hydrogen-bond donors (Lipinski definition) is 1. The van der Waals surface area contributed by atoms with Crippen LogP contribution in [0.2, 0.25) is 0 Å². The lowest BCUT2D eigenvalue weighted by molar-refractivity contribution is 0.631. The molecule has 0 saturated carbocycles. The van der Waals surface area contributed by atoms with Gasteiger partial charge in [0.1, 0.15) is 11.6 Å². The van der Waals surface area contributed by atoms with E-state index in [2.05, 4.69) is 35.3 Å². The van der Waals surface area contributed by atoms with Crippen molar-refractivity contribution in [2.75, 3.05) is 5.73 Å². The molecule has 0 unspecified atom stereocenters. The molecule has 3 nitrogen and oxygen atoms in total. The first-order valence-corrected chi connectivity index (χ1v) is 6.66. The van der Waals surface area contributed by atoms with Crippen LogP contribution in [0.25, 0.3) is 0 Å². The molecule has 4 heteroatoms. The number of nitrogens with zero attached hydrogens (tertiary/aromatic N) is 2. The van der Waals surface area contributed by atoms with Crippen molar-refractivity contribution >= 4 is 17.2 Å². The van der Waals surface area contributed by atoms with Crippen LogP contribution in [0.3, 0.4) is 0 Å². The zero-order valence-corrected chi connectivity index (χ0v) is 11.0. The molecule has 0 amide bonds. The van der Waals surface area contributed by atoms with E-state index in [-0.39, 0.29) is 0 Å². The summed E-state index contributed by atoms with van der Waals surface area (Å²) in [5.41, 5.74) is 6.86. The second-order valence-electron chi connectivity index (χ2n) is 4.55. The van der Waals surface area contributed by atoms with Crippen LogP contribution >= 0.6 is 11.3 Å². The van der Waals surface area contributed by atoms with Gasteiger partial charge in [-0.2, -0.15) is 0 Å². The van der Waals surface area contributed by atoms with Crippen LogP contribution in [0.5, 0.6) is 0 Å². The van der Waals surface area contributed by atoms with Gasteiger partial charge in [-0.05, 0) is 23.8 Å². The van der Waals surface area contributed by atoms with Gasteiger partial charge in [-0.3, -0.25) is 0 Å². The summed E-state index contributed by atoms with van der Waals surface area (Å²) >= 11 is 1.72. The largest absolute Gasteiger partial charge is 0.384 e. The van der Waals surface area contributed by atoms with Crippen LogP contribution in [-0.2, 0) is 12.8 Å². The van der Waals surface area contributed by atoms with Crippen LogP contribution in [0.15, 0.2) is 23.6 Å². The van der Waals surface area contributed by atoms with E-state index in [0.717, 1.165) is 24.4 Å². The molecule has 2 heterocycles. The first kappa shape index (κ1) is 12.0. The van der Waals surface area contributed by atoms with Gasteiger partial charge < -0.3 is 5.73 Å². The second kappa shape index (κ2) is 5.27. The predicted octanol–water partition coefficient (Wildman–Crippen LogP) is 2.91. The lowest BCUT2D eigenvalue weighted by Crippen LogP contribution is -2.05. The molecule has 2 N–H and O–H groups in total. The number of thiophene rings is 1. The van der Waals surface area contributed by atoms with E-state index in [4.69, 9.17) is 5.73 Å². The van der Waals surface area contributed by atoms with E-state index in [0.29, 0.717) is 11.7 Å². The van der Waals surface area contributed by atoms with Crippen LogP contribution < -0.4 is 5.73 Å². The molecule has 0 bridgehead atoms. The minimum atomic E-state index is 0.571. The van der Waals surface area contributed by atoms with Crippen LogP contribution in [-0.4, -0.2) is 9.97 Å². The summed E-state index contributed by atoms with van der Waals surface area (Å²) in [6, 6.07) is 6.01. The Labute approximate surface area is 106 Å². The van der Waals surface area contributed by atoms with E-state index >= 15 is 0 Å². The third kappa shape index (κ3) is 3.53. The van der Waals surface area contributed by atoms with E-state index < -0.39 is 0 Å². The molecule has 0 aliphatic heterocycles. The number of nitrogen functional groups attached to an aromatic ring is 1. The summed E-state index contributed by atoms with van der Waals surface area (Å²) < 4.78 is 0. The Bertz CT molecular complexity index is 477. The summed E-state index contributed by atoms with van der Waals surface area (Å²) in [7, 11) is 0. The number of rotatable bonds is 4. The van der Waals surface area contributed by atoms with Crippen molar-refractivity contribution < 1.29 is 0 Å². The van der Waals surface area contributed by atoms with Gasteiger partial charge >= 0.3 is 0 Å². The van der Waals surface area contributed by atoms with Gasteiger partial charge in [-0.15, -0.1) is 11.3 Å². The third-order valence-corrected chi connectivity index (χ3v) is 3.25. The number of anilines is 1. The minimum absolute atomic E-state index is 0.571. The number of hydrogen-bond acceptors (Lipinski definition) is 4. The highest BCUT2D eigenvalue weighted by atomic mass is 32.1. The molecule has 0 atom stereocenters. The van der Waals surface area contributed by atoms with Crippen molar-refractivity contribution in [2.24, 2.45) is 5.92 Å². The molecule has 0 aliphatic carbocycles. The fourth-order valence-electron chi connectivity index (χ4n) is 1.75. The Balaban J connectivity index is 2.19. The van der Waals surface area contributed by atoms with Crippen molar-refractivity contribution in [3.8, 4) is 0 Å². The molecule has 90 valence electrons. The summed E-state index contributed by atoms with van der Waals surface area (Å²) in [5.74, 6) is 1.98. The molecule has 2 aromatic rings. The van der Waals surface area contributed by atoms with E-state index in [9.17, 15) is 0 Å². The van der Waals surface area contributed by atoms with Gasteiger partial charge in [0, 0.05) is 23.1 Å². The molecule has 0 spiro atoms. The number of aromatic nitrogens is 2. The van der Waals surface area contributed by atoms with Gasteiger partial charge in [0.25, 0.3) is 0 Å². The van der Waals surface area contributed by atoms with E-state index in [1.807, 2.05) is 12.1 Å². The highest BCUT2D eigenvalue weighted by molar-refractivity contribution is 7.09. The summed E-state index contributed by atoms with van der Waals surface area (Å²) in [6.07, 6.45) is 1.72. The highest BCUT2D eigenvalue weighted by Crippen LogP contribution is 2.15. The average molecular weight is 247 g/mol. The third-order valence-electron chi connectivity index (χ3n) is 2.38. The normalized spacial score (nSPS) is 11.0. The van der Waals surface area contributed by atoms with Gasteiger partial charge in [0.05, 0.1) is 0 Å². The number of nitrogens with two attached hydrogens (primary N) is 1. The zero-order chi connectivity index (χ0) is 12.3. The molecule has 0 radical (unpaired) electrons. The Kier molecular flexibility index (Phi) is 3.74. The topological polar surface area (TPSA) is 51.8 Å². The van der Waals surface area contributed by atoms with Crippen molar-refractivity contribution in [1.82, 2.24) is 9.97 Å². The molecule has 2 aromatic heterocycles. The standard InChI is InChI=1S/C13H17N3S/c1-9(2)6-10-7-12(14)16-13(15-10)8-11-4-3-5-17-11/h3-5,7,9H,6,8H2,1-2H3,(H2,14,15,16). The summed E-state index contributed by atoms with van der Waals surface area (Å²) in [4.78, 5) is 10.1. The molecule has 0 fully saturated rings. The monoisotopic (exact) mass is 247 g/mol. The van der Waals surface area contributed by atoms with Crippen molar-refractivity contribution in [2.45, 2.75) is 26.7 Å². The smallest absolute Gasteiger partial charge is 0.136 e. The SMILES string of the molecule is CC(C)Cc1cc(N)nc(Cc2cccs2)n1. The predicted molar refractivity (Wildman–Crippen MR) is 72.1 cm³/mol. The Morgan fingerprint density at radius 1 is 1.35 bits per heavy atom. The van der Waals surface area contributed by atoms with Gasteiger partial charge in [-0.25, -0.2) is 9.97 Å². The Morgan fingerprint density at radius 2 is 2.18 bits per heavy atom. The maximum Gasteiger partial charge on any atom is 0.136 e. The van der Waals surface area contributed by atoms with Gasteiger partial charge in [0.15, 0.2) is 0 Å². The first-order valence-electron chi connectivity index (χ1n) is 5.78.